The molecule has 2 atom stereocenters. The first-order valence-electron chi connectivity index (χ1n) is 8.61. The molecule has 0 saturated carbocycles. The minimum absolute atomic E-state index is 0. The van der Waals surface area contributed by atoms with Crippen LogP contribution < -0.4 is 28.8 Å². The number of nitrogens with two attached hydrogens (primary N) is 1. The molecule has 2 aromatic carbocycles. The van der Waals surface area contributed by atoms with Gasteiger partial charge in [-0.3, -0.25) is 9.59 Å². The molecule has 1 unspecified atom stereocenters. The maximum Gasteiger partial charge on any atom is 0.247 e. The molecule has 0 bridgehead atoms. The molecule has 0 spiro atoms. The van der Waals surface area contributed by atoms with E-state index >= 15 is 0 Å². The summed E-state index contributed by atoms with van der Waals surface area (Å²) in [6, 6.07) is 10.9. The molecule has 0 radical (unpaired) electrons. The van der Waals surface area contributed by atoms with Gasteiger partial charge in [0.05, 0.1) is 0 Å². The maximum absolute atomic E-state index is 13.7. The number of nitrogens with one attached hydrogen (secondary N) is 2. The Labute approximate surface area is 163 Å². The van der Waals surface area contributed by atoms with Gasteiger partial charge in [-0.05, 0) is 42.2 Å². The van der Waals surface area contributed by atoms with Gasteiger partial charge in [0.25, 0.3) is 0 Å². The minimum atomic E-state index is -0.628. The molecular weight excluding hydrogens is 369 g/mol. The summed E-state index contributed by atoms with van der Waals surface area (Å²) >= 11 is 0. The molecule has 1 heterocycles. The Kier molecular flexibility index (Phi) is 6.93. The number of rotatable bonds is 5. The van der Waals surface area contributed by atoms with E-state index in [0.29, 0.717) is 12.0 Å². The lowest BCUT2D eigenvalue weighted by atomic mass is 9.94. The van der Waals surface area contributed by atoms with Crippen LogP contribution in [0, 0.1) is 12.7 Å². The van der Waals surface area contributed by atoms with Crippen molar-refractivity contribution in [3.63, 3.8) is 0 Å². The molecule has 2 aromatic rings. The average Bonchev–Trinajstić information content (AvgIpc) is 2.58. The molecule has 2 amide bonds. The average molecular weight is 391 g/mol. The molecule has 27 heavy (non-hydrogen) atoms. The third-order valence-electron chi connectivity index (χ3n) is 4.62. The lowest BCUT2D eigenvalue weighted by Gasteiger charge is -2.27. The Morgan fingerprint density at radius 3 is 2.78 bits per heavy atom. The fourth-order valence-corrected chi connectivity index (χ4v) is 3.23. The predicted molar refractivity (Wildman–Crippen MR) is 98.1 cm³/mol. The van der Waals surface area contributed by atoms with E-state index in [1.165, 1.54) is 6.07 Å². The topological polar surface area (TPSA) is 84.2 Å². The van der Waals surface area contributed by atoms with Gasteiger partial charge >= 0.3 is 0 Å². The fourth-order valence-electron chi connectivity index (χ4n) is 3.23. The summed E-state index contributed by atoms with van der Waals surface area (Å²) in [7, 11) is 0. The van der Waals surface area contributed by atoms with E-state index in [1.54, 1.807) is 18.2 Å². The molecule has 0 aliphatic carbocycles. The molecule has 1 aliphatic rings. The third kappa shape index (κ3) is 5.05. The highest BCUT2D eigenvalue weighted by Crippen LogP contribution is 2.25. The van der Waals surface area contributed by atoms with Crippen molar-refractivity contribution in [2.45, 2.75) is 38.3 Å². The zero-order valence-electron chi connectivity index (χ0n) is 15.0. The van der Waals surface area contributed by atoms with Gasteiger partial charge < -0.3 is 28.8 Å². The van der Waals surface area contributed by atoms with Gasteiger partial charge in [-0.2, -0.15) is 0 Å². The number of halogens is 2. The number of anilines is 1. The van der Waals surface area contributed by atoms with Gasteiger partial charge in [0, 0.05) is 24.6 Å². The highest BCUT2D eigenvalue weighted by atomic mass is 35.5. The van der Waals surface area contributed by atoms with Gasteiger partial charge in [0.15, 0.2) is 0 Å². The van der Waals surface area contributed by atoms with E-state index in [0.717, 1.165) is 16.8 Å². The highest BCUT2D eigenvalue weighted by Gasteiger charge is 2.28. The van der Waals surface area contributed by atoms with Gasteiger partial charge in [-0.25, -0.2) is 4.39 Å². The number of aryl methyl sites for hydroxylation is 1. The number of carbonyl (C=O) groups excluding carboxylic acids is 2. The largest absolute Gasteiger partial charge is 1.00 e. The zero-order valence-corrected chi connectivity index (χ0v) is 15.7. The van der Waals surface area contributed by atoms with Crippen molar-refractivity contribution in [3.05, 3.63) is 65.0 Å². The molecule has 144 valence electrons. The standard InChI is InChI=1S/C20H22FN3O2.ClH/c1-12-5-4-8-17-15(12)11-18(20(26)24-17)23-19(25)10-14(22)9-13-6-2-3-7-16(13)21;/h2-8,14,18H,9-11,22H2,1H3,(H,23,25)(H,24,26);1H/p-1/t14-,18?;/m1./s1. The first kappa shape index (κ1) is 20.9. The second-order valence-electron chi connectivity index (χ2n) is 6.67. The van der Waals surface area contributed by atoms with Crippen molar-refractivity contribution >= 4 is 17.5 Å². The van der Waals surface area contributed by atoms with E-state index in [2.05, 4.69) is 10.6 Å². The maximum atomic E-state index is 13.7. The van der Waals surface area contributed by atoms with Crippen molar-refractivity contribution in [3.8, 4) is 0 Å². The van der Waals surface area contributed by atoms with Crippen molar-refractivity contribution < 1.29 is 26.4 Å². The molecule has 4 N–H and O–H groups in total. The van der Waals surface area contributed by atoms with Crippen LogP contribution in [-0.4, -0.2) is 23.9 Å². The van der Waals surface area contributed by atoms with Crippen molar-refractivity contribution in [2.75, 3.05) is 5.32 Å². The van der Waals surface area contributed by atoms with Gasteiger partial charge in [0.2, 0.25) is 11.8 Å². The van der Waals surface area contributed by atoms with E-state index < -0.39 is 12.1 Å². The van der Waals surface area contributed by atoms with Gasteiger partial charge in [-0.15, -0.1) is 0 Å². The summed E-state index contributed by atoms with van der Waals surface area (Å²) in [5, 5.41) is 5.57. The van der Waals surface area contributed by atoms with Crippen LogP contribution in [0.15, 0.2) is 42.5 Å². The van der Waals surface area contributed by atoms with E-state index in [4.69, 9.17) is 5.73 Å². The summed E-state index contributed by atoms with van der Waals surface area (Å²) < 4.78 is 13.7. The number of carbonyl (C=O) groups is 2. The molecule has 3 rings (SSSR count). The summed E-state index contributed by atoms with van der Waals surface area (Å²) in [4.78, 5) is 24.5. The van der Waals surface area contributed by atoms with Gasteiger partial charge in [-0.1, -0.05) is 30.3 Å². The van der Waals surface area contributed by atoms with Crippen LogP contribution in [0.3, 0.4) is 0 Å². The SMILES string of the molecule is Cc1cccc2c1CC(NC(=O)C[C@H](N)Cc1ccccc1F)C(=O)N2.[Cl-]. The zero-order chi connectivity index (χ0) is 18.7. The van der Waals surface area contributed by atoms with Crippen LogP contribution in [0.2, 0.25) is 0 Å². The second kappa shape index (κ2) is 8.97. The van der Waals surface area contributed by atoms with Crippen LogP contribution >= 0.6 is 0 Å². The van der Waals surface area contributed by atoms with Crippen molar-refractivity contribution in [1.29, 1.82) is 0 Å². The number of hydrogen-bond donors (Lipinski definition) is 3. The first-order valence-corrected chi connectivity index (χ1v) is 8.61. The van der Waals surface area contributed by atoms with E-state index in [-0.39, 0.29) is 42.9 Å². The Morgan fingerprint density at radius 1 is 1.30 bits per heavy atom. The number of fused-ring (bicyclic) bond motifs is 1. The molecule has 5 nitrogen and oxygen atoms in total. The van der Waals surface area contributed by atoms with Crippen molar-refractivity contribution in [1.82, 2.24) is 5.32 Å². The summed E-state index contributed by atoms with van der Waals surface area (Å²) in [5.41, 5.74) is 9.34. The highest BCUT2D eigenvalue weighted by molar-refractivity contribution is 6.00. The minimum Gasteiger partial charge on any atom is -1.00 e. The lowest BCUT2D eigenvalue weighted by molar-refractivity contribution is -0.126. The second-order valence-corrected chi connectivity index (χ2v) is 6.67. The Bertz CT molecular complexity index is 844. The lowest BCUT2D eigenvalue weighted by Crippen LogP contribution is -3.00. The molecule has 7 heteroatoms. The molecule has 1 aliphatic heterocycles. The molecular formula is C20H22ClFN3O2-. The monoisotopic (exact) mass is 390 g/mol. The molecule has 0 fully saturated rings. The molecule has 0 aromatic heterocycles. The van der Waals surface area contributed by atoms with Crippen LogP contribution in [0.5, 0.6) is 0 Å². The van der Waals surface area contributed by atoms with Crippen LogP contribution in [0.4, 0.5) is 10.1 Å². The van der Waals surface area contributed by atoms with E-state index in [9.17, 15) is 14.0 Å². The van der Waals surface area contributed by atoms with Gasteiger partial charge in [0.1, 0.15) is 11.9 Å². The van der Waals surface area contributed by atoms with Crippen LogP contribution in [0.25, 0.3) is 0 Å². The van der Waals surface area contributed by atoms with Crippen LogP contribution in [-0.2, 0) is 22.4 Å². The summed E-state index contributed by atoms with van der Waals surface area (Å²) in [6.45, 7) is 1.97. The fraction of sp³-hybridized carbons (Fsp3) is 0.300. The quantitative estimate of drug-likeness (QED) is 0.617. The third-order valence-corrected chi connectivity index (χ3v) is 4.62. The number of benzene rings is 2. The summed E-state index contributed by atoms with van der Waals surface area (Å²) in [6.07, 6.45) is 0.736. The van der Waals surface area contributed by atoms with E-state index in [1.807, 2.05) is 25.1 Å². The van der Waals surface area contributed by atoms with Crippen molar-refractivity contribution in [2.24, 2.45) is 5.73 Å². The Morgan fingerprint density at radius 2 is 2.04 bits per heavy atom. The summed E-state index contributed by atoms with van der Waals surface area (Å²) in [5.74, 6) is -0.882. The number of amides is 2. The normalized spacial score (nSPS) is 16.6. The van der Waals surface area contributed by atoms with Crippen LogP contribution in [0.1, 0.15) is 23.1 Å². The predicted octanol–water partition coefficient (Wildman–Crippen LogP) is -0.922. The molecule has 0 saturated heterocycles. The Hall–Kier alpha value is -2.44. The smallest absolute Gasteiger partial charge is 0.247 e. The number of hydrogen-bond acceptors (Lipinski definition) is 3. The Balaban J connectivity index is 0.00000261. The first-order chi connectivity index (χ1) is 12.4.